The fraction of sp³-hybridized carbons (Fsp3) is 0.818. The van der Waals surface area contributed by atoms with E-state index in [9.17, 15) is 14.7 Å². The van der Waals surface area contributed by atoms with Gasteiger partial charge in [-0.1, -0.05) is 32.1 Å². The van der Waals surface area contributed by atoms with Crippen LogP contribution in [0.5, 0.6) is 0 Å². The van der Waals surface area contributed by atoms with Gasteiger partial charge < -0.3 is 15.5 Å². The van der Waals surface area contributed by atoms with Crippen molar-refractivity contribution in [2.45, 2.75) is 50.7 Å². The molecule has 0 saturated heterocycles. The third-order valence-electron chi connectivity index (χ3n) is 3.41. The maximum atomic E-state index is 11.3. The van der Waals surface area contributed by atoms with Crippen LogP contribution in [0.4, 0.5) is 4.79 Å². The van der Waals surface area contributed by atoms with Crippen molar-refractivity contribution in [2.75, 3.05) is 0 Å². The number of amides is 2. The van der Waals surface area contributed by atoms with Crippen LogP contribution in [0.15, 0.2) is 0 Å². The van der Waals surface area contributed by atoms with Gasteiger partial charge in [0.05, 0.1) is 6.04 Å². The smallest absolute Gasteiger partial charge is 0.404 e. The van der Waals surface area contributed by atoms with E-state index in [0.717, 1.165) is 25.7 Å². The summed E-state index contributed by atoms with van der Waals surface area (Å²) in [6.07, 6.45) is 3.20. The first-order valence-corrected chi connectivity index (χ1v) is 6.22. The monoisotopic (exact) mass is 259 g/mol. The van der Waals surface area contributed by atoms with Crippen molar-refractivity contribution in [3.8, 4) is 0 Å². The van der Waals surface area contributed by atoms with Crippen LogP contribution in [0, 0.1) is 5.92 Å². The van der Waals surface area contributed by atoms with Crippen molar-refractivity contribution in [3.63, 3.8) is 0 Å². The van der Waals surface area contributed by atoms with E-state index in [1.165, 1.54) is 6.42 Å². The van der Waals surface area contributed by atoms with Gasteiger partial charge in [0.25, 0.3) is 5.91 Å². The van der Waals surface area contributed by atoms with Crippen LogP contribution in [0.25, 0.3) is 0 Å². The van der Waals surface area contributed by atoms with E-state index in [4.69, 9.17) is 10.9 Å². The molecule has 0 radical (unpaired) electrons. The maximum Gasteiger partial charge on any atom is 0.404 e. The highest BCUT2D eigenvalue weighted by atomic mass is 16.4. The van der Waals surface area contributed by atoms with Crippen LogP contribution in [-0.2, 0) is 4.79 Å². The van der Waals surface area contributed by atoms with Gasteiger partial charge in [-0.15, -0.1) is 0 Å². The average molecular weight is 259 g/mol. The zero-order valence-corrected chi connectivity index (χ0v) is 10.3. The number of aliphatic hydroxyl groups excluding tert-OH is 1. The van der Waals surface area contributed by atoms with E-state index in [-0.39, 0.29) is 0 Å². The van der Waals surface area contributed by atoms with Gasteiger partial charge in [0.1, 0.15) is 0 Å². The lowest BCUT2D eigenvalue weighted by atomic mass is 9.83. The van der Waals surface area contributed by atoms with Crippen LogP contribution in [0.3, 0.4) is 0 Å². The van der Waals surface area contributed by atoms with E-state index in [2.05, 4.69) is 5.32 Å². The van der Waals surface area contributed by atoms with Gasteiger partial charge in [0.2, 0.25) is 0 Å². The first kappa shape index (κ1) is 14.7. The molecule has 104 valence electrons. The molecule has 7 heteroatoms. The Hall–Kier alpha value is -1.34. The van der Waals surface area contributed by atoms with Crippen LogP contribution in [-0.4, -0.2) is 34.4 Å². The summed E-state index contributed by atoms with van der Waals surface area (Å²) < 4.78 is 0. The Morgan fingerprint density at radius 2 is 1.89 bits per heavy atom. The van der Waals surface area contributed by atoms with Gasteiger partial charge in [-0.25, -0.2) is 10.6 Å². The van der Waals surface area contributed by atoms with E-state index in [1.54, 1.807) is 0 Å². The highest BCUT2D eigenvalue weighted by Gasteiger charge is 2.30. The lowest BCUT2D eigenvalue weighted by Crippen LogP contribution is -2.52. The number of rotatable bonds is 5. The molecule has 18 heavy (non-hydrogen) atoms. The predicted molar refractivity (Wildman–Crippen MR) is 64.5 cm³/mol. The van der Waals surface area contributed by atoms with Crippen molar-refractivity contribution in [3.05, 3.63) is 0 Å². The minimum atomic E-state index is -1.45. The second-order valence-corrected chi connectivity index (χ2v) is 4.75. The number of hydrogen-bond acceptors (Lipinski definition) is 4. The number of aliphatic hydroxyl groups is 1. The van der Waals surface area contributed by atoms with Crippen LogP contribution in [0.2, 0.25) is 0 Å². The molecule has 1 aliphatic carbocycles. The zero-order valence-electron chi connectivity index (χ0n) is 10.3. The second kappa shape index (κ2) is 7.17. The molecule has 1 saturated carbocycles. The lowest BCUT2D eigenvalue weighted by molar-refractivity contribution is -0.131. The van der Waals surface area contributed by atoms with Crippen LogP contribution >= 0.6 is 0 Å². The largest absolute Gasteiger partial charge is 0.465 e. The fourth-order valence-electron chi connectivity index (χ4n) is 2.48. The van der Waals surface area contributed by atoms with E-state index in [1.807, 2.05) is 5.43 Å². The highest BCUT2D eigenvalue weighted by Crippen LogP contribution is 2.28. The number of nitrogens with one attached hydrogen (secondary N) is 2. The summed E-state index contributed by atoms with van der Waals surface area (Å²) in [5.74, 6) is 4.51. The van der Waals surface area contributed by atoms with Crippen LogP contribution < -0.4 is 16.6 Å². The molecule has 0 bridgehead atoms. The molecular weight excluding hydrogens is 238 g/mol. The first-order chi connectivity index (χ1) is 8.54. The summed E-state index contributed by atoms with van der Waals surface area (Å²) in [5, 5.41) is 20.7. The molecule has 0 heterocycles. The maximum absolute atomic E-state index is 11.3. The number of nitrogens with two attached hydrogens (primary N) is 1. The second-order valence-electron chi connectivity index (χ2n) is 4.75. The average Bonchev–Trinajstić information content (AvgIpc) is 2.37. The van der Waals surface area contributed by atoms with Gasteiger partial charge in [-0.2, -0.15) is 0 Å². The van der Waals surface area contributed by atoms with E-state index in [0.29, 0.717) is 12.3 Å². The molecule has 0 aromatic carbocycles. The van der Waals surface area contributed by atoms with Crippen molar-refractivity contribution in [1.29, 1.82) is 0 Å². The summed E-state index contributed by atoms with van der Waals surface area (Å²) >= 11 is 0. The van der Waals surface area contributed by atoms with E-state index >= 15 is 0 Å². The third-order valence-corrected chi connectivity index (χ3v) is 3.41. The van der Waals surface area contributed by atoms with Gasteiger partial charge in [0.15, 0.2) is 6.10 Å². The summed E-state index contributed by atoms with van der Waals surface area (Å²) in [7, 11) is 0. The number of carbonyl (C=O) groups is 2. The molecular formula is C11H21N3O4. The standard InChI is InChI=1S/C11H21N3O4/c12-14-10(16)9(15)8(13-11(17)18)6-7-4-2-1-3-5-7/h7-9,13,15H,1-6,12H2,(H,14,16)(H,17,18)/t8-,9?/m1/s1. The number of carboxylic acid groups (broad SMARTS) is 1. The fourth-order valence-corrected chi connectivity index (χ4v) is 2.48. The third kappa shape index (κ3) is 4.50. The summed E-state index contributed by atoms with van der Waals surface area (Å²) in [5.41, 5.74) is 1.83. The van der Waals surface area contributed by atoms with Crippen molar-refractivity contribution >= 4 is 12.0 Å². The SMILES string of the molecule is NNC(=O)C(O)[C@@H](CC1CCCCC1)NC(=O)O. The van der Waals surface area contributed by atoms with Gasteiger partial charge in [-0.3, -0.25) is 10.2 Å². The molecule has 1 unspecified atom stereocenters. The first-order valence-electron chi connectivity index (χ1n) is 6.22. The molecule has 1 rings (SSSR count). The Morgan fingerprint density at radius 3 is 2.39 bits per heavy atom. The quantitative estimate of drug-likeness (QED) is 0.269. The molecule has 1 fully saturated rings. The molecule has 0 aromatic rings. The van der Waals surface area contributed by atoms with E-state index < -0.39 is 24.1 Å². The Bertz CT molecular complexity index is 292. The molecule has 2 amide bonds. The lowest BCUT2D eigenvalue weighted by Gasteiger charge is -2.28. The van der Waals surface area contributed by atoms with Gasteiger partial charge >= 0.3 is 6.09 Å². The number of hydrazine groups is 1. The van der Waals surface area contributed by atoms with Crippen molar-refractivity contribution in [2.24, 2.45) is 11.8 Å². The minimum Gasteiger partial charge on any atom is -0.465 e. The molecule has 0 aliphatic heterocycles. The topological polar surface area (TPSA) is 125 Å². The van der Waals surface area contributed by atoms with Crippen molar-refractivity contribution in [1.82, 2.24) is 10.7 Å². The minimum absolute atomic E-state index is 0.343. The summed E-state index contributed by atoms with van der Waals surface area (Å²) in [4.78, 5) is 21.9. The summed E-state index contributed by atoms with van der Waals surface area (Å²) in [6, 6.07) is -0.811. The van der Waals surface area contributed by atoms with Gasteiger partial charge in [-0.05, 0) is 12.3 Å². The van der Waals surface area contributed by atoms with Crippen molar-refractivity contribution < 1.29 is 19.8 Å². The molecule has 6 N–H and O–H groups in total. The molecule has 7 nitrogen and oxygen atoms in total. The Balaban J connectivity index is 2.58. The Morgan fingerprint density at radius 1 is 1.28 bits per heavy atom. The zero-order chi connectivity index (χ0) is 13.5. The molecule has 0 spiro atoms. The molecule has 2 atom stereocenters. The molecule has 1 aliphatic rings. The summed E-state index contributed by atoms with van der Waals surface area (Å²) in [6.45, 7) is 0. The Kier molecular flexibility index (Phi) is 5.87. The predicted octanol–water partition coefficient (Wildman–Crippen LogP) is -0.0562. The molecule has 0 aromatic heterocycles. The Labute approximate surface area is 106 Å². The number of hydrogen-bond donors (Lipinski definition) is 5. The van der Waals surface area contributed by atoms with Crippen LogP contribution in [0.1, 0.15) is 38.5 Å². The van der Waals surface area contributed by atoms with Gasteiger partial charge in [0, 0.05) is 0 Å². The number of carbonyl (C=O) groups excluding carboxylic acids is 1. The highest BCUT2D eigenvalue weighted by molar-refractivity contribution is 5.81. The normalized spacial score (nSPS) is 19.9.